The molecule has 2 aliphatic rings. The van der Waals surface area contributed by atoms with Crippen LogP contribution in [0.25, 0.3) is 0 Å². The SMILES string of the molecule is C#C[C@@](O[Si](CC)(CC)CC)(C1CC1)C1(C#N)CCC1. The topological polar surface area (TPSA) is 33.0 Å². The van der Waals surface area contributed by atoms with Crippen LogP contribution in [0.15, 0.2) is 0 Å². The van der Waals surface area contributed by atoms with E-state index in [2.05, 4.69) is 32.8 Å². The van der Waals surface area contributed by atoms with E-state index in [0.29, 0.717) is 5.92 Å². The Bertz CT molecular complexity index is 427. The van der Waals surface area contributed by atoms with E-state index in [1.54, 1.807) is 0 Å². The van der Waals surface area contributed by atoms with Crippen molar-refractivity contribution in [2.45, 2.75) is 76.6 Å². The van der Waals surface area contributed by atoms with Gasteiger partial charge in [-0.3, -0.25) is 0 Å². The van der Waals surface area contributed by atoms with Crippen molar-refractivity contribution in [1.29, 1.82) is 5.26 Å². The van der Waals surface area contributed by atoms with Gasteiger partial charge in [0, 0.05) is 0 Å². The third kappa shape index (κ3) is 2.12. The van der Waals surface area contributed by atoms with Crippen LogP contribution in [0.4, 0.5) is 0 Å². The van der Waals surface area contributed by atoms with Crippen molar-refractivity contribution in [3.8, 4) is 18.4 Å². The van der Waals surface area contributed by atoms with Crippen molar-refractivity contribution in [1.82, 2.24) is 0 Å². The van der Waals surface area contributed by atoms with Gasteiger partial charge in [0.15, 0.2) is 8.32 Å². The molecule has 2 aliphatic carbocycles. The second-order valence-electron chi connectivity index (χ2n) is 6.55. The second kappa shape index (κ2) is 5.55. The molecule has 1 atom stereocenters. The summed E-state index contributed by atoms with van der Waals surface area (Å²) in [5.74, 6) is 3.44. The van der Waals surface area contributed by atoms with E-state index in [1.807, 2.05) is 0 Å². The molecule has 0 aromatic carbocycles. The summed E-state index contributed by atoms with van der Waals surface area (Å²) in [7, 11) is -1.80. The average molecular weight is 289 g/mol. The molecule has 2 rings (SSSR count). The maximum Gasteiger partial charge on any atom is 0.194 e. The fourth-order valence-corrected chi connectivity index (χ4v) is 6.79. The smallest absolute Gasteiger partial charge is 0.194 e. The third-order valence-corrected chi connectivity index (χ3v) is 10.4. The summed E-state index contributed by atoms with van der Waals surface area (Å²) in [5.41, 5.74) is -0.991. The van der Waals surface area contributed by atoms with Crippen LogP contribution >= 0.6 is 0 Å². The first-order valence-electron chi connectivity index (χ1n) is 8.16. The molecule has 0 amide bonds. The predicted molar refractivity (Wildman–Crippen MR) is 84.5 cm³/mol. The Morgan fingerprint density at radius 2 is 1.80 bits per heavy atom. The summed E-state index contributed by atoms with van der Waals surface area (Å²) >= 11 is 0. The Hall–Kier alpha value is -0.773. The largest absolute Gasteiger partial charge is 0.399 e. The highest BCUT2D eigenvalue weighted by Crippen LogP contribution is 2.60. The summed E-state index contributed by atoms with van der Waals surface area (Å²) in [4.78, 5) is 0. The summed E-state index contributed by atoms with van der Waals surface area (Å²) in [6, 6.07) is 5.86. The minimum Gasteiger partial charge on any atom is -0.399 e. The highest BCUT2D eigenvalue weighted by atomic mass is 28.4. The van der Waals surface area contributed by atoms with E-state index in [1.165, 1.54) is 0 Å². The normalized spacial score (nSPS) is 24.1. The van der Waals surface area contributed by atoms with Crippen LogP contribution in [0.1, 0.15) is 52.9 Å². The number of rotatable bonds is 7. The van der Waals surface area contributed by atoms with E-state index in [4.69, 9.17) is 10.8 Å². The molecule has 110 valence electrons. The van der Waals surface area contributed by atoms with Crippen molar-refractivity contribution in [3.63, 3.8) is 0 Å². The summed E-state index contributed by atoms with van der Waals surface area (Å²) in [5, 5.41) is 9.78. The first-order chi connectivity index (χ1) is 9.57. The first kappa shape index (κ1) is 15.6. The first-order valence-corrected chi connectivity index (χ1v) is 10.7. The molecule has 3 heteroatoms. The molecular formula is C17H27NOSi. The van der Waals surface area contributed by atoms with Crippen molar-refractivity contribution >= 4 is 8.32 Å². The van der Waals surface area contributed by atoms with E-state index >= 15 is 0 Å². The molecule has 0 spiro atoms. The highest BCUT2D eigenvalue weighted by molar-refractivity contribution is 6.73. The van der Waals surface area contributed by atoms with E-state index in [0.717, 1.165) is 50.2 Å². The Labute approximate surface area is 125 Å². The molecular weight excluding hydrogens is 262 g/mol. The molecule has 0 bridgehead atoms. The minimum atomic E-state index is -1.80. The monoisotopic (exact) mass is 289 g/mol. The fraction of sp³-hybridized carbons (Fsp3) is 0.824. The van der Waals surface area contributed by atoms with Gasteiger partial charge in [0.1, 0.15) is 5.60 Å². The lowest BCUT2D eigenvalue weighted by Crippen LogP contribution is -2.59. The highest BCUT2D eigenvalue weighted by Gasteiger charge is 2.64. The van der Waals surface area contributed by atoms with Gasteiger partial charge in [-0.15, -0.1) is 6.42 Å². The molecule has 0 saturated heterocycles. The van der Waals surface area contributed by atoms with Gasteiger partial charge in [-0.2, -0.15) is 5.26 Å². The number of terminal acetylenes is 1. The molecule has 0 aliphatic heterocycles. The molecule has 0 aromatic rings. The predicted octanol–water partition coefficient (Wildman–Crippen LogP) is 4.48. The van der Waals surface area contributed by atoms with Crippen molar-refractivity contribution in [2.24, 2.45) is 11.3 Å². The lowest BCUT2D eigenvalue weighted by atomic mass is 9.58. The van der Waals surface area contributed by atoms with Gasteiger partial charge in [-0.1, -0.05) is 26.7 Å². The van der Waals surface area contributed by atoms with Crippen LogP contribution in [0, 0.1) is 35.0 Å². The van der Waals surface area contributed by atoms with Crippen molar-refractivity contribution in [2.75, 3.05) is 0 Å². The molecule has 0 N–H and O–H groups in total. The van der Waals surface area contributed by atoms with Crippen molar-refractivity contribution < 1.29 is 4.43 Å². The summed E-state index contributed by atoms with van der Waals surface area (Å²) in [6.07, 6.45) is 11.2. The van der Waals surface area contributed by atoms with Crippen LogP contribution in [0.2, 0.25) is 18.1 Å². The van der Waals surface area contributed by atoms with E-state index in [-0.39, 0.29) is 0 Å². The van der Waals surface area contributed by atoms with E-state index in [9.17, 15) is 5.26 Å². The minimum absolute atomic E-state index is 0.402. The van der Waals surface area contributed by atoms with Gasteiger partial charge in [0.2, 0.25) is 0 Å². The zero-order chi connectivity index (χ0) is 14.9. The zero-order valence-corrected chi connectivity index (χ0v) is 14.2. The fourth-order valence-electron chi connectivity index (χ4n) is 3.75. The number of nitrogens with zero attached hydrogens (tertiary/aromatic N) is 1. The van der Waals surface area contributed by atoms with Crippen LogP contribution in [0.5, 0.6) is 0 Å². The van der Waals surface area contributed by atoms with Crippen LogP contribution in [-0.4, -0.2) is 13.9 Å². The van der Waals surface area contributed by atoms with Gasteiger partial charge < -0.3 is 4.43 Å². The second-order valence-corrected chi connectivity index (χ2v) is 11.2. The van der Waals surface area contributed by atoms with Gasteiger partial charge in [-0.05, 0) is 56.2 Å². The summed E-state index contributed by atoms with van der Waals surface area (Å²) in [6.45, 7) is 6.69. The lowest BCUT2D eigenvalue weighted by Gasteiger charge is -2.52. The maximum absolute atomic E-state index is 9.78. The van der Waals surface area contributed by atoms with Gasteiger partial charge >= 0.3 is 0 Å². The maximum atomic E-state index is 9.78. The number of hydrogen-bond acceptors (Lipinski definition) is 2. The molecule has 2 nitrogen and oxygen atoms in total. The molecule has 2 saturated carbocycles. The van der Waals surface area contributed by atoms with Gasteiger partial charge in [0.25, 0.3) is 0 Å². The quantitative estimate of drug-likeness (QED) is 0.511. The molecule has 0 aromatic heterocycles. The Balaban J connectivity index is 2.39. The van der Waals surface area contributed by atoms with Gasteiger partial charge in [0.05, 0.1) is 11.5 Å². The number of hydrogen-bond donors (Lipinski definition) is 0. The summed E-state index contributed by atoms with van der Waals surface area (Å²) < 4.78 is 6.82. The lowest BCUT2D eigenvalue weighted by molar-refractivity contribution is -0.0519. The van der Waals surface area contributed by atoms with Crippen LogP contribution < -0.4 is 0 Å². The Kier molecular flexibility index (Phi) is 4.33. The molecule has 0 unspecified atom stereocenters. The molecule has 2 fully saturated rings. The molecule has 0 heterocycles. The average Bonchev–Trinajstić information content (AvgIpc) is 3.27. The third-order valence-electron chi connectivity index (χ3n) is 5.81. The van der Waals surface area contributed by atoms with Crippen molar-refractivity contribution in [3.05, 3.63) is 0 Å². The van der Waals surface area contributed by atoms with Crippen LogP contribution in [0.3, 0.4) is 0 Å². The van der Waals surface area contributed by atoms with Crippen LogP contribution in [-0.2, 0) is 4.43 Å². The Morgan fingerprint density at radius 3 is 2.05 bits per heavy atom. The molecule has 20 heavy (non-hydrogen) atoms. The Morgan fingerprint density at radius 1 is 1.25 bits per heavy atom. The number of nitriles is 1. The standard InChI is InChI=1S/C17H27NOSi/c1-5-17(15-10-11-15,16(14-18)12-9-13-16)19-20(6-2,7-3)8-4/h1,15H,6-13H2,2-4H3/t17-/m1/s1. The van der Waals surface area contributed by atoms with Gasteiger partial charge in [-0.25, -0.2) is 0 Å². The zero-order valence-electron chi connectivity index (χ0n) is 13.2. The van der Waals surface area contributed by atoms with E-state index < -0.39 is 19.3 Å². The molecule has 0 radical (unpaired) electrons.